The van der Waals surface area contributed by atoms with Gasteiger partial charge in [-0.25, -0.2) is 4.99 Å². The molecule has 2 aromatic carbocycles. The van der Waals surface area contributed by atoms with E-state index in [-0.39, 0.29) is 29.7 Å². The van der Waals surface area contributed by atoms with Crippen LogP contribution < -0.4 is 10.6 Å². The van der Waals surface area contributed by atoms with Crippen molar-refractivity contribution in [3.63, 3.8) is 0 Å². The lowest BCUT2D eigenvalue weighted by Crippen LogP contribution is -2.39. The first-order chi connectivity index (χ1) is 12.7. The van der Waals surface area contributed by atoms with Crippen LogP contribution in [0.2, 0.25) is 0 Å². The molecule has 0 amide bonds. The van der Waals surface area contributed by atoms with Crippen LogP contribution in [0.15, 0.2) is 59.6 Å². The molecule has 2 aromatic rings. The van der Waals surface area contributed by atoms with Gasteiger partial charge < -0.3 is 10.6 Å². The maximum Gasteiger partial charge on any atom is 0.269 e. The molecule has 27 heavy (non-hydrogen) atoms. The fourth-order valence-electron chi connectivity index (χ4n) is 2.31. The normalized spacial score (nSPS) is 10.8. The van der Waals surface area contributed by atoms with Crippen molar-refractivity contribution >= 4 is 47.4 Å². The van der Waals surface area contributed by atoms with Crippen LogP contribution in [0.3, 0.4) is 0 Å². The summed E-state index contributed by atoms with van der Waals surface area (Å²) in [6.07, 6.45) is 2.99. The highest BCUT2D eigenvalue weighted by molar-refractivity contribution is 14.0. The third-order valence-corrected chi connectivity index (χ3v) is 4.33. The van der Waals surface area contributed by atoms with Gasteiger partial charge in [-0.15, -0.1) is 24.0 Å². The summed E-state index contributed by atoms with van der Waals surface area (Å²) in [5.41, 5.74) is 2.31. The Morgan fingerprint density at radius 2 is 1.70 bits per heavy atom. The molecule has 0 aliphatic carbocycles. The van der Waals surface area contributed by atoms with Crippen molar-refractivity contribution in [1.29, 1.82) is 0 Å². The number of aliphatic imine (C=N–C) groups is 1. The number of halogens is 1. The van der Waals surface area contributed by atoms with E-state index in [1.165, 1.54) is 17.7 Å². The minimum absolute atomic E-state index is 0. The summed E-state index contributed by atoms with van der Waals surface area (Å²) in [7, 11) is 0. The van der Waals surface area contributed by atoms with Crippen molar-refractivity contribution in [3.05, 3.63) is 75.8 Å². The molecule has 0 heterocycles. The number of nitrogens with one attached hydrogen (secondary N) is 2. The van der Waals surface area contributed by atoms with Crippen molar-refractivity contribution in [1.82, 2.24) is 10.6 Å². The maximum atomic E-state index is 10.7. The van der Waals surface area contributed by atoms with Crippen molar-refractivity contribution in [3.8, 4) is 0 Å². The van der Waals surface area contributed by atoms with E-state index < -0.39 is 4.92 Å². The summed E-state index contributed by atoms with van der Waals surface area (Å²) < 4.78 is 0. The van der Waals surface area contributed by atoms with Crippen LogP contribution in [0.5, 0.6) is 0 Å². The first-order valence-corrected chi connectivity index (χ1v) is 9.87. The lowest BCUT2D eigenvalue weighted by atomic mass is 10.1. The van der Waals surface area contributed by atoms with Crippen LogP contribution in [-0.4, -0.2) is 36.0 Å². The SMILES string of the molecule is CSCCNC(=NCc1ccc([N+](=O)[O-])cc1)NCCc1ccccc1.I. The Morgan fingerprint density at radius 1 is 1.04 bits per heavy atom. The Hall–Kier alpha value is -1.81. The zero-order valence-electron chi connectivity index (χ0n) is 15.3. The monoisotopic (exact) mass is 500 g/mol. The number of hydrogen-bond donors (Lipinski definition) is 2. The van der Waals surface area contributed by atoms with Crippen molar-refractivity contribution in [2.75, 3.05) is 25.1 Å². The lowest BCUT2D eigenvalue weighted by Gasteiger charge is -2.12. The minimum atomic E-state index is -0.395. The van der Waals surface area contributed by atoms with Gasteiger partial charge >= 0.3 is 0 Å². The van der Waals surface area contributed by atoms with Gasteiger partial charge in [0.25, 0.3) is 5.69 Å². The zero-order chi connectivity index (χ0) is 18.6. The Balaban J connectivity index is 0.00000364. The molecule has 0 radical (unpaired) electrons. The van der Waals surface area contributed by atoms with E-state index in [0.29, 0.717) is 6.54 Å². The molecule has 0 saturated carbocycles. The molecule has 0 atom stereocenters. The molecule has 0 saturated heterocycles. The number of nitro groups is 1. The number of thioether (sulfide) groups is 1. The first kappa shape index (κ1) is 23.2. The molecule has 0 unspecified atom stereocenters. The van der Waals surface area contributed by atoms with Gasteiger partial charge in [0.1, 0.15) is 0 Å². The molecule has 0 fully saturated rings. The van der Waals surface area contributed by atoms with Crippen LogP contribution in [0.4, 0.5) is 5.69 Å². The summed E-state index contributed by atoms with van der Waals surface area (Å²) >= 11 is 1.77. The van der Waals surface area contributed by atoms with Crippen LogP contribution in [0, 0.1) is 10.1 Å². The minimum Gasteiger partial charge on any atom is -0.356 e. The number of nitro benzene ring substituents is 1. The molecule has 146 valence electrons. The third kappa shape index (κ3) is 9.09. The van der Waals surface area contributed by atoms with E-state index in [9.17, 15) is 10.1 Å². The lowest BCUT2D eigenvalue weighted by molar-refractivity contribution is -0.384. The quantitative estimate of drug-likeness (QED) is 0.137. The topological polar surface area (TPSA) is 79.6 Å². The Morgan fingerprint density at radius 3 is 2.33 bits per heavy atom. The number of non-ortho nitro benzene ring substituents is 1. The average Bonchev–Trinajstić information content (AvgIpc) is 2.67. The molecular weight excluding hydrogens is 475 g/mol. The van der Waals surface area contributed by atoms with E-state index in [1.54, 1.807) is 23.9 Å². The summed E-state index contributed by atoms with van der Waals surface area (Å²) in [6, 6.07) is 16.8. The predicted octanol–water partition coefficient (Wildman–Crippen LogP) is 3.85. The van der Waals surface area contributed by atoms with E-state index in [4.69, 9.17) is 0 Å². The van der Waals surface area contributed by atoms with E-state index in [0.717, 1.165) is 36.8 Å². The van der Waals surface area contributed by atoms with Crippen molar-refractivity contribution < 1.29 is 4.92 Å². The molecule has 0 aliphatic rings. The number of hydrogen-bond acceptors (Lipinski definition) is 4. The summed E-state index contributed by atoms with van der Waals surface area (Å²) in [4.78, 5) is 14.9. The Kier molecular flexibility index (Phi) is 11.5. The standard InChI is InChI=1S/C19H24N4O2S.HI/c1-26-14-13-21-19(20-12-11-16-5-3-2-4-6-16)22-15-17-7-9-18(10-8-17)23(24)25;/h2-10H,11-15H2,1H3,(H2,20,21,22);1H. The fraction of sp³-hybridized carbons (Fsp3) is 0.316. The number of nitrogens with zero attached hydrogens (tertiary/aromatic N) is 2. The smallest absolute Gasteiger partial charge is 0.269 e. The zero-order valence-corrected chi connectivity index (χ0v) is 18.4. The predicted molar refractivity (Wildman–Crippen MR) is 124 cm³/mol. The summed E-state index contributed by atoms with van der Waals surface area (Å²) in [5, 5.41) is 17.4. The van der Waals surface area contributed by atoms with Gasteiger partial charge in [0, 0.05) is 31.0 Å². The van der Waals surface area contributed by atoms with Crippen molar-refractivity contribution in [2.45, 2.75) is 13.0 Å². The largest absolute Gasteiger partial charge is 0.356 e. The van der Waals surface area contributed by atoms with Crippen LogP contribution in [-0.2, 0) is 13.0 Å². The number of benzene rings is 2. The molecule has 2 rings (SSSR count). The van der Waals surface area contributed by atoms with Gasteiger partial charge in [-0.1, -0.05) is 42.5 Å². The van der Waals surface area contributed by atoms with Gasteiger partial charge in [0.15, 0.2) is 5.96 Å². The van der Waals surface area contributed by atoms with Gasteiger partial charge in [-0.3, -0.25) is 10.1 Å². The summed E-state index contributed by atoms with van der Waals surface area (Å²) in [6.45, 7) is 2.09. The van der Waals surface area contributed by atoms with Crippen LogP contribution >= 0.6 is 35.7 Å². The fourth-order valence-corrected chi connectivity index (χ4v) is 2.62. The van der Waals surface area contributed by atoms with E-state index in [1.807, 2.05) is 18.2 Å². The highest BCUT2D eigenvalue weighted by Crippen LogP contribution is 2.12. The Labute approximate surface area is 181 Å². The van der Waals surface area contributed by atoms with Gasteiger partial charge in [-0.05, 0) is 23.8 Å². The average molecular weight is 500 g/mol. The molecule has 2 N–H and O–H groups in total. The van der Waals surface area contributed by atoms with Gasteiger partial charge in [-0.2, -0.15) is 11.8 Å². The molecule has 0 spiro atoms. The van der Waals surface area contributed by atoms with Crippen molar-refractivity contribution in [2.24, 2.45) is 4.99 Å². The molecule has 6 nitrogen and oxygen atoms in total. The first-order valence-electron chi connectivity index (χ1n) is 8.47. The number of rotatable bonds is 9. The second-order valence-electron chi connectivity index (χ2n) is 5.67. The van der Waals surface area contributed by atoms with E-state index in [2.05, 4.69) is 34.0 Å². The summed E-state index contributed by atoms with van der Waals surface area (Å²) in [5.74, 6) is 1.75. The van der Waals surface area contributed by atoms with Gasteiger partial charge in [0.2, 0.25) is 0 Å². The van der Waals surface area contributed by atoms with E-state index >= 15 is 0 Å². The Bertz CT molecular complexity index is 711. The van der Waals surface area contributed by atoms with Crippen LogP contribution in [0.1, 0.15) is 11.1 Å². The molecule has 0 aliphatic heterocycles. The highest BCUT2D eigenvalue weighted by atomic mass is 127. The van der Waals surface area contributed by atoms with Gasteiger partial charge in [0.05, 0.1) is 11.5 Å². The third-order valence-electron chi connectivity index (χ3n) is 3.71. The molecule has 8 heteroatoms. The van der Waals surface area contributed by atoms with Crippen LogP contribution in [0.25, 0.3) is 0 Å². The second kappa shape index (κ2) is 13.4. The maximum absolute atomic E-state index is 10.7. The molecule has 0 aromatic heterocycles. The second-order valence-corrected chi connectivity index (χ2v) is 6.66. The number of guanidine groups is 1. The molecule has 0 bridgehead atoms. The molecular formula is C19H25IN4O2S. The highest BCUT2D eigenvalue weighted by Gasteiger charge is 2.04.